The number of rotatable bonds is 14. The first-order valence-corrected chi connectivity index (χ1v) is 23.3. The van der Waals surface area contributed by atoms with Gasteiger partial charge in [-0.05, 0) is 98.2 Å². The average molecular weight is 829 g/mol. The van der Waals surface area contributed by atoms with E-state index in [1.807, 2.05) is 0 Å². The Kier molecular flexibility index (Phi) is 12.1. The molecule has 0 bridgehead atoms. The van der Waals surface area contributed by atoms with Crippen LogP contribution in [0.3, 0.4) is 0 Å². The molecule has 11 nitrogen and oxygen atoms in total. The maximum atomic E-state index is 17.6. The van der Waals surface area contributed by atoms with Gasteiger partial charge in [0.1, 0.15) is 43.3 Å². The molecule has 1 saturated carbocycles. The zero-order valence-corrected chi connectivity index (χ0v) is 36.7. The van der Waals surface area contributed by atoms with Gasteiger partial charge in [-0.25, -0.2) is 13.6 Å². The molecule has 2 aromatic heterocycles. The molecule has 0 radical (unpaired) electrons. The van der Waals surface area contributed by atoms with Gasteiger partial charge in [0.15, 0.2) is 12.6 Å². The molecule has 1 aliphatic carbocycles. The van der Waals surface area contributed by atoms with Crippen LogP contribution < -0.4 is 14.8 Å². The molecule has 2 N–H and O–H groups in total. The number of nitrogens with zero attached hydrogens (tertiary/aromatic N) is 5. The average Bonchev–Trinajstić information content (AvgIpc) is 3.77. The number of pyridine rings is 1. The minimum Gasteiger partial charge on any atom is -0.468 e. The highest BCUT2D eigenvalue weighted by molar-refractivity contribution is 6.90. The maximum Gasteiger partial charge on any atom is 0.407 e. The molecular formula is C45H58F2N6O5Si. The number of methoxy groups -OCH3 is 1. The van der Waals surface area contributed by atoms with Crippen LogP contribution in [0.4, 0.5) is 19.4 Å². The Labute approximate surface area is 347 Å². The fourth-order valence-electron chi connectivity index (χ4n) is 10.3. The van der Waals surface area contributed by atoms with Gasteiger partial charge < -0.3 is 29.5 Å². The number of amides is 1. The highest BCUT2D eigenvalue weighted by atomic mass is 28.3. The summed E-state index contributed by atoms with van der Waals surface area (Å²) in [5.41, 5.74) is 4.22. The normalized spacial score (nSPS) is 17.3. The van der Waals surface area contributed by atoms with E-state index in [9.17, 15) is 9.90 Å². The van der Waals surface area contributed by atoms with Crippen LogP contribution in [0, 0.1) is 23.1 Å². The van der Waals surface area contributed by atoms with Crippen molar-refractivity contribution in [2.24, 2.45) is 0 Å². The number of benzene rings is 2. The SMILES string of the molecule is COCOc1cc(-c2ncc3c(NCC4(N(C)C(=O)O)CCC4)nc(OCC45CCCN4CCC5)nc3c2F)c2c(C#C[Si](C(C)C)(C(C)C)C(C)C)c(F)ccc2c1. The second-order valence-electron chi connectivity index (χ2n) is 17.7. The number of anilines is 1. The number of halogens is 2. The third-order valence-corrected chi connectivity index (χ3v) is 20.0. The van der Waals surface area contributed by atoms with Crippen LogP contribution >= 0.6 is 0 Å². The molecule has 0 unspecified atom stereocenters. The number of fused-ring (bicyclic) bond motifs is 3. The Morgan fingerprint density at radius 3 is 2.31 bits per heavy atom. The van der Waals surface area contributed by atoms with Gasteiger partial charge in [-0.3, -0.25) is 9.88 Å². The van der Waals surface area contributed by atoms with Gasteiger partial charge >= 0.3 is 12.1 Å². The number of carboxylic acid groups (broad SMARTS) is 1. The summed E-state index contributed by atoms with van der Waals surface area (Å²) in [4.78, 5) is 30.0. The number of aromatic nitrogens is 3. The van der Waals surface area contributed by atoms with Gasteiger partial charge in [0.2, 0.25) is 0 Å². The number of hydrogen-bond donors (Lipinski definition) is 2. The van der Waals surface area contributed by atoms with E-state index in [4.69, 9.17) is 29.2 Å². The van der Waals surface area contributed by atoms with Crippen molar-refractivity contribution in [1.82, 2.24) is 24.8 Å². The molecule has 7 rings (SSSR count). The van der Waals surface area contributed by atoms with E-state index in [-0.39, 0.29) is 47.5 Å². The zero-order chi connectivity index (χ0) is 42.3. The predicted molar refractivity (Wildman–Crippen MR) is 230 cm³/mol. The zero-order valence-electron chi connectivity index (χ0n) is 35.7. The molecule has 1 amide bonds. The highest BCUT2D eigenvalue weighted by Gasteiger charge is 2.46. The van der Waals surface area contributed by atoms with E-state index in [2.05, 4.69) is 63.2 Å². The summed E-state index contributed by atoms with van der Waals surface area (Å²) in [5.74, 6) is 2.74. The number of nitrogens with one attached hydrogen (secondary N) is 1. The van der Waals surface area contributed by atoms with Crippen molar-refractivity contribution in [3.63, 3.8) is 0 Å². The van der Waals surface area contributed by atoms with Crippen LogP contribution in [0.2, 0.25) is 16.6 Å². The molecule has 0 spiro atoms. The standard InChI is InChI=1S/C45H58F2N6O5Si/c1-28(2)59(29(3)4,30(5)6)21-14-33-36(46)13-12-31-22-32(58-27-56-8)23-34(37(31)33)39-38(47)40-35(24-48-39)41(49-25-44(15-9-16-44)52(7)43(54)55)51-42(50-40)57-26-45-17-10-19-53(45)20-11-18-45/h12-13,22-24,28-30H,9-11,15-20,25-27H2,1-8H3,(H,54,55)(H,49,50,51). The van der Waals surface area contributed by atoms with Crippen molar-refractivity contribution in [1.29, 1.82) is 0 Å². The van der Waals surface area contributed by atoms with Gasteiger partial charge in [-0.15, -0.1) is 5.54 Å². The van der Waals surface area contributed by atoms with Crippen molar-refractivity contribution in [3.8, 4) is 34.5 Å². The Bertz CT molecular complexity index is 2260. The van der Waals surface area contributed by atoms with Crippen molar-refractivity contribution < 1.29 is 32.9 Å². The number of likely N-dealkylation sites (N-methyl/N-ethyl adjacent to an activating group) is 1. The molecule has 0 atom stereocenters. The number of ether oxygens (including phenoxy) is 3. The van der Waals surface area contributed by atoms with E-state index in [0.29, 0.717) is 63.5 Å². The summed E-state index contributed by atoms with van der Waals surface area (Å²) in [5, 5.41) is 14.6. The number of hydrogen-bond acceptors (Lipinski definition) is 9. The molecule has 4 heterocycles. The van der Waals surface area contributed by atoms with Crippen molar-refractivity contribution in [2.45, 2.75) is 114 Å². The topological polar surface area (TPSA) is 122 Å². The van der Waals surface area contributed by atoms with Gasteiger partial charge in [-0.1, -0.05) is 53.5 Å². The van der Waals surface area contributed by atoms with Crippen LogP contribution in [0.25, 0.3) is 32.9 Å². The lowest BCUT2D eigenvalue weighted by Gasteiger charge is -2.47. The molecule has 3 fully saturated rings. The quantitative estimate of drug-likeness (QED) is 0.0722. The molecule has 3 aliphatic rings. The first-order valence-electron chi connectivity index (χ1n) is 21.0. The van der Waals surface area contributed by atoms with E-state index in [1.165, 1.54) is 24.3 Å². The molecule has 2 saturated heterocycles. The van der Waals surface area contributed by atoms with E-state index >= 15 is 8.78 Å². The summed E-state index contributed by atoms with van der Waals surface area (Å²) in [7, 11) is 0.785. The van der Waals surface area contributed by atoms with Gasteiger partial charge in [-0.2, -0.15) is 9.97 Å². The smallest absolute Gasteiger partial charge is 0.407 e. The van der Waals surface area contributed by atoms with Crippen LogP contribution in [-0.4, -0.2) is 102 Å². The lowest BCUT2D eigenvalue weighted by atomic mass is 9.75. The van der Waals surface area contributed by atoms with Crippen LogP contribution in [0.15, 0.2) is 30.5 Å². The van der Waals surface area contributed by atoms with E-state index in [1.54, 1.807) is 25.2 Å². The van der Waals surface area contributed by atoms with E-state index in [0.717, 1.165) is 45.2 Å². The van der Waals surface area contributed by atoms with Gasteiger partial charge in [0.25, 0.3) is 0 Å². The Morgan fingerprint density at radius 1 is 1.00 bits per heavy atom. The van der Waals surface area contributed by atoms with Crippen LogP contribution in [-0.2, 0) is 4.74 Å². The second-order valence-corrected chi connectivity index (χ2v) is 23.3. The predicted octanol–water partition coefficient (Wildman–Crippen LogP) is 9.63. The summed E-state index contributed by atoms with van der Waals surface area (Å²) in [6, 6.07) is 6.47. The Balaban J connectivity index is 1.40. The third-order valence-electron chi connectivity index (χ3n) is 13.7. The molecule has 2 aromatic carbocycles. The largest absolute Gasteiger partial charge is 0.468 e. The lowest BCUT2D eigenvalue weighted by molar-refractivity contribution is 0.0497. The second kappa shape index (κ2) is 16.8. The Morgan fingerprint density at radius 2 is 1.69 bits per heavy atom. The first-order chi connectivity index (χ1) is 28.2. The Hall–Kier alpha value is -4.58. The molecule has 2 aliphatic heterocycles. The van der Waals surface area contributed by atoms with Crippen molar-refractivity contribution in [3.05, 3.63) is 47.7 Å². The van der Waals surface area contributed by atoms with Crippen LogP contribution in [0.1, 0.15) is 92.1 Å². The maximum absolute atomic E-state index is 17.6. The minimum absolute atomic E-state index is 0.00964. The first kappa shape index (κ1) is 42.5. The van der Waals surface area contributed by atoms with Gasteiger partial charge in [0.05, 0.1) is 22.0 Å². The minimum atomic E-state index is -2.30. The molecular weight excluding hydrogens is 771 g/mol. The fourth-order valence-corrected chi connectivity index (χ4v) is 15.5. The molecule has 14 heteroatoms. The van der Waals surface area contributed by atoms with Crippen molar-refractivity contribution in [2.75, 3.05) is 52.5 Å². The summed E-state index contributed by atoms with van der Waals surface area (Å²) < 4.78 is 51.3. The monoisotopic (exact) mass is 828 g/mol. The molecule has 316 valence electrons. The summed E-state index contributed by atoms with van der Waals surface area (Å²) in [6.07, 6.45) is 6.91. The molecule has 59 heavy (non-hydrogen) atoms. The summed E-state index contributed by atoms with van der Waals surface area (Å²) in [6.45, 7) is 15.8. The fraction of sp³-hybridized carbons (Fsp3) is 0.556. The highest BCUT2D eigenvalue weighted by Crippen LogP contribution is 2.44. The summed E-state index contributed by atoms with van der Waals surface area (Å²) >= 11 is 0. The van der Waals surface area contributed by atoms with Crippen LogP contribution in [0.5, 0.6) is 11.8 Å². The molecule has 4 aromatic rings. The van der Waals surface area contributed by atoms with E-state index < -0.39 is 31.3 Å². The lowest BCUT2D eigenvalue weighted by Crippen LogP contribution is -2.58. The van der Waals surface area contributed by atoms with Gasteiger partial charge in [0, 0.05) is 37.8 Å². The third kappa shape index (κ3) is 7.70. The van der Waals surface area contributed by atoms with Crippen molar-refractivity contribution >= 4 is 41.7 Å². The number of carbonyl (C=O) groups is 1.